The molecule has 0 amide bonds. The molecule has 0 radical (unpaired) electrons. The Bertz CT molecular complexity index is 1920. The normalized spacial score (nSPS) is 27.9. The van der Waals surface area contributed by atoms with E-state index in [4.69, 9.17) is 45.2 Å². The molecule has 0 bridgehead atoms. The van der Waals surface area contributed by atoms with Gasteiger partial charge in [-0.05, 0) is 75.6 Å². The summed E-state index contributed by atoms with van der Waals surface area (Å²) in [5, 5.41) is 7.07. The lowest BCUT2D eigenvalue weighted by atomic mass is 9.98. The molecule has 3 heterocycles. The summed E-state index contributed by atoms with van der Waals surface area (Å²) >= 11 is 0. The highest BCUT2D eigenvalue weighted by atomic mass is 31.2. The van der Waals surface area contributed by atoms with Crippen molar-refractivity contribution >= 4 is 37.0 Å². The van der Waals surface area contributed by atoms with Crippen LogP contribution in [-0.2, 0) is 42.4 Å². The van der Waals surface area contributed by atoms with E-state index in [0.29, 0.717) is 11.2 Å². The van der Waals surface area contributed by atoms with E-state index in [1.165, 1.54) is 17.8 Å². The Kier molecular flexibility index (Phi) is 11.6. The Hall–Kier alpha value is -4.12. The number of carbonyl (C=O) groups is 3. The van der Waals surface area contributed by atoms with Crippen molar-refractivity contribution in [2.75, 3.05) is 5.73 Å². The molecular formula is C37H52N7O10P. The number of rotatable bonds is 15. The second-order valence-corrected chi connectivity index (χ2v) is 17.0. The molecule has 3 aliphatic rings. The fourth-order valence-electron chi connectivity index (χ4n) is 7.19. The first-order valence-electron chi connectivity index (χ1n) is 18.7. The lowest BCUT2D eigenvalue weighted by molar-refractivity contribution is -0.180. The second-order valence-electron chi connectivity index (χ2n) is 15.4. The molecule has 3 fully saturated rings. The largest absolute Gasteiger partial charge is 0.461 e. The average Bonchev–Trinajstić information content (AvgIpc) is 3.41. The third kappa shape index (κ3) is 7.83. The Morgan fingerprint density at radius 1 is 0.927 bits per heavy atom. The standard InChI is InChI=1S/C37H52N7O10P/c1-20(2)27(38)33(46)50-30-29(25-17-18-26-31(40)41-19-42-44(25)26)51-36(6)35(37(30,36)52-34(47)28(39)21(3)4)54-55(48,53-24-15-11-8-12-16-24)43-22(5)32(45)49-23-13-9-7-10-14-23/h8,11-12,15-23,27-30,35H,7,9-10,13-14,38-39H2,1-6H3,(H,43,48)(H2,40,41,42)/t22-,27+,28+,29-,30-,35?,36+,37+,55+/m0/s1. The van der Waals surface area contributed by atoms with Crippen LogP contribution < -0.4 is 26.8 Å². The van der Waals surface area contributed by atoms with Gasteiger partial charge >= 0.3 is 25.7 Å². The number of fused-ring (bicyclic) bond motifs is 2. The van der Waals surface area contributed by atoms with Gasteiger partial charge in [-0.15, -0.1) is 0 Å². The van der Waals surface area contributed by atoms with Gasteiger partial charge in [0.15, 0.2) is 11.9 Å². The lowest BCUT2D eigenvalue weighted by Crippen LogP contribution is -2.49. The molecule has 1 aromatic carbocycles. The molecule has 0 spiro atoms. The topological polar surface area (TPSA) is 244 Å². The number of nitrogens with one attached hydrogen (secondary N) is 1. The van der Waals surface area contributed by atoms with Gasteiger partial charge in [0.05, 0.1) is 5.69 Å². The summed E-state index contributed by atoms with van der Waals surface area (Å²) in [6.45, 7) is 10.0. The molecule has 300 valence electrons. The molecule has 7 N–H and O–H groups in total. The van der Waals surface area contributed by atoms with Crippen LogP contribution in [0.1, 0.15) is 85.4 Å². The number of hydrogen-bond donors (Lipinski definition) is 4. The second kappa shape index (κ2) is 15.8. The van der Waals surface area contributed by atoms with E-state index in [1.807, 2.05) is 0 Å². The quantitative estimate of drug-likeness (QED) is 0.0974. The minimum Gasteiger partial charge on any atom is -0.461 e. The Morgan fingerprint density at radius 3 is 2.24 bits per heavy atom. The zero-order valence-electron chi connectivity index (χ0n) is 32.0. The number of aromatic nitrogens is 3. The molecular weight excluding hydrogens is 733 g/mol. The first kappa shape index (κ1) is 40.5. The lowest BCUT2D eigenvalue weighted by Gasteiger charge is -2.32. The molecule has 2 saturated carbocycles. The molecule has 2 aromatic heterocycles. The van der Waals surface area contributed by atoms with Crippen LogP contribution >= 0.6 is 7.75 Å². The molecule has 2 aliphatic carbocycles. The van der Waals surface area contributed by atoms with Crippen molar-refractivity contribution in [2.45, 2.75) is 127 Å². The minimum atomic E-state index is -4.61. The van der Waals surface area contributed by atoms with Crippen LogP contribution in [0, 0.1) is 11.8 Å². The van der Waals surface area contributed by atoms with Crippen molar-refractivity contribution in [1.82, 2.24) is 19.7 Å². The van der Waals surface area contributed by atoms with E-state index in [1.54, 1.807) is 77.1 Å². The molecule has 1 aliphatic heterocycles. The molecule has 3 aromatic rings. The number of nitrogen functional groups attached to an aromatic ring is 1. The van der Waals surface area contributed by atoms with Crippen LogP contribution in [0.4, 0.5) is 5.82 Å². The number of carbonyl (C=O) groups excluding carboxylic acids is 3. The van der Waals surface area contributed by atoms with Gasteiger partial charge in [0.25, 0.3) is 0 Å². The van der Waals surface area contributed by atoms with Crippen molar-refractivity contribution < 1.29 is 46.9 Å². The van der Waals surface area contributed by atoms with E-state index in [2.05, 4.69) is 15.2 Å². The summed E-state index contributed by atoms with van der Waals surface area (Å²) in [4.78, 5) is 45.0. The molecule has 1 saturated heterocycles. The smallest absolute Gasteiger partial charge is 0.459 e. The van der Waals surface area contributed by atoms with Crippen molar-refractivity contribution in [2.24, 2.45) is 23.3 Å². The third-order valence-electron chi connectivity index (χ3n) is 10.7. The van der Waals surface area contributed by atoms with Crippen LogP contribution in [0.15, 0.2) is 48.8 Å². The molecule has 55 heavy (non-hydrogen) atoms. The number of benzene rings is 1. The van der Waals surface area contributed by atoms with Gasteiger partial charge in [-0.25, -0.2) is 14.1 Å². The van der Waals surface area contributed by atoms with E-state index in [-0.39, 0.29) is 29.5 Å². The van der Waals surface area contributed by atoms with Crippen molar-refractivity contribution in [3.63, 3.8) is 0 Å². The van der Waals surface area contributed by atoms with Crippen molar-refractivity contribution in [1.29, 1.82) is 0 Å². The van der Waals surface area contributed by atoms with Crippen LogP contribution in [-0.4, -0.2) is 80.1 Å². The van der Waals surface area contributed by atoms with Crippen molar-refractivity contribution in [3.05, 3.63) is 54.5 Å². The first-order chi connectivity index (χ1) is 26.0. The highest BCUT2D eigenvalue weighted by molar-refractivity contribution is 7.52. The highest BCUT2D eigenvalue weighted by Crippen LogP contribution is 2.71. The molecule has 18 heteroatoms. The molecule has 17 nitrogen and oxygen atoms in total. The minimum absolute atomic E-state index is 0.150. The SMILES string of the molecule is CC(C)[C@@H](N)C(=O)O[C@H]1[C@H](c2ccc3c(N)ncnn23)O[C@]2(C)C(O[P@@](=O)(N[C@@H](C)C(=O)OC3CCCCC3)Oc3ccccc3)[C@]12OC(=O)[C@H](N)C(C)C. The maximum atomic E-state index is 15.0. The number of nitrogens with zero attached hydrogens (tertiary/aromatic N) is 3. The molecule has 9 atom stereocenters. The summed E-state index contributed by atoms with van der Waals surface area (Å²) in [6, 6.07) is 8.17. The number of hydrogen-bond acceptors (Lipinski definition) is 15. The zero-order chi connectivity index (χ0) is 39.9. The van der Waals surface area contributed by atoms with Crippen molar-refractivity contribution in [3.8, 4) is 5.75 Å². The van der Waals surface area contributed by atoms with Crippen LogP contribution in [0.25, 0.3) is 5.52 Å². The summed E-state index contributed by atoms with van der Waals surface area (Å²) in [6.07, 6.45) is 1.37. The summed E-state index contributed by atoms with van der Waals surface area (Å²) in [7, 11) is -4.61. The molecule has 1 unspecified atom stereocenters. The maximum Gasteiger partial charge on any atom is 0.459 e. The fourth-order valence-corrected chi connectivity index (χ4v) is 8.96. The van der Waals surface area contributed by atoms with Gasteiger partial charge in [0.1, 0.15) is 59.6 Å². The maximum absolute atomic E-state index is 15.0. The van der Waals surface area contributed by atoms with Crippen LogP contribution in [0.5, 0.6) is 5.75 Å². The summed E-state index contributed by atoms with van der Waals surface area (Å²) < 4.78 is 53.7. The van der Waals surface area contributed by atoms with E-state index < -0.39 is 73.3 Å². The number of esters is 3. The van der Waals surface area contributed by atoms with Crippen LogP contribution in [0.3, 0.4) is 0 Å². The van der Waals surface area contributed by atoms with Gasteiger partial charge < -0.3 is 40.7 Å². The number of para-hydroxylation sites is 1. The number of nitrogens with two attached hydrogens (primary N) is 3. The van der Waals surface area contributed by atoms with Gasteiger partial charge in [-0.1, -0.05) is 52.3 Å². The summed E-state index contributed by atoms with van der Waals surface area (Å²) in [5.41, 5.74) is 15.9. The summed E-state index contributed by atoms with van der Waals surface area (Å²) in [5.74, 6) is -2.68. The van der Waals surface area contributed by atoms with E-state index >= 15 is 0 Å². The van der Waals surface area contributed by atoms with Gasteiger partial charge in [0, 0.05) is 0 Å². The third-order valence-corrected chi connectivity index (χ3v) is 12.3. The highest BCUT2D eigenvalue weighted by Gasteiger charge is 2.92. The van der Waals surface area contributed by atoms with Crippen LogP contribution in [0.2, 0.25) is 0 Å². The van der Waals surface area contributed by atoms with Gasteiger partial charge in [0.2, 0.25) is 5.60 Å². The Morgan fingerprint density at radius 2 is 1.58 bits per heavy atom. The fraction of sp³-hybridized carbons (Fsp3) is 0.595. The molecule has 6 rings (SSSR count). The number of ether oxygens (including phenoxy) is 4. The predicted octanol–water partition coefficient (Wildman–Crippen LogP) is 3.74. The predicted molar refractivity (Wildman–Crippen MR) is 199 cm³/mol. The van der Waals surface area contributed by atoms with E-state index in [0.717, 1.165) is 32.1 Å². The average molecular weight is 786 g/mol. The van der Waals surface area contributed by atoms with Gasteiger partial charge in [-0.3, -0.25) is 18.9 Å². The number of anilines is 1. The Labute approximate surface area is 319 Å². The van der Waals surface area contributed by atoms with E-state index in [9.17, 15) is 18.9 Å². The van der Waals surface area contributed by atoms with Gasteiger partial charge in [-0.2, -0.15) is 10.2 Å². The monoisotopic (exact) mass is 785 g/mol. The zero-order valence-corrected chi connectivity index (χ0v) is 32.8. The Balaban J connectivity index is 1.41. The first-order valence-corrected chi connectivity index (χ1v) is 20.3.